The van der Waals surface area contributed by atoms with Gasteiger partial charge in [0.25, 0.3) is 5.91 Å². The van der Waals surface area contributed by atoms with Gasteiger partial charge >= 0.3 is 0 Å². The maximum absolute atomic E-state index is 12.6. The van der Waals surface area contributed by atoms with Crippen LogP contribution in [0.15, 0.2) is 30.5 Å². The van der Waals surface area contributed by atoms with Crippen LogP contribution >= 0.6 is 34.2 Å². The first-order chi connectivity index (χ1) is 15.5. The Morgan fingerprint density at radius 2 is 2.03 bits per heavy atom. The average molecular weight is 598 g/mol. The Hall–Kier alpha value is -1.95. The van der Waals surface area contributed by atoms with E-state index in [0.29, 0.717) is 34.5 Å². The minimum Gasteiger partial charge on any atom is -0.366 e. The number of carbonyl (C=O) groups excluding carboxylic acids is 1. The van der Waals surface area contributed by atoms with Gasteiger partial charge in [-0.2, -0.15) is 0 Å². The molecule has 2 heterocycles. The van der Waals surface area contributed by atoms with Crippen LogP contribution in [0, 0.1) is 10.5 Å². The van der Waals surface area contributed by atoms with E-state index >= 15 is 0 Å². The summed E-state index contributed by atoms with van der Waals surface area (Å²) in [6.07, 6.45) is 1.74. The summed E-state index contributed by atoms with van der Waals surface area (Å²) in [4.78, 5) is 21.5. The highest BCUT2D eigenvalue weighted by Gasteiger charge is 2.25. The molecule has 3 aromatic rings. The molecule has 0 saturated heterocycles. The molecule has 0 aliphatic rings. The van der Waals surface area contributed by atoms with Crippen LogP contribution in [0.1, 0.15) is 15.9 Å². The molecule has 3 N–H and O–H groups in total. The number of primary amides is 1. The maximum Gasteiger partial charge on any atom is 0.250 e. The molecule has 0 unspecified atom stereocenters. The molecule has 1 aromatic carbocycles. The van der Waals surface area contributed by atoms with E-state index in [1.54, 1.807) is 19.3 Å². The van der Waals surface area contributed by atoms with Crippen molar-refractivity contribution in [2.24, 2.45) is 5.73 Å². The first kappa shape index (κ1) is 25.7. The van der Waals surface area contributed by atoms with Gasteiger partial charge in [-0.25, -0.2) is 9.97 Å². The van der Waals surface area contributed by atoms with Crippen LogP contribution in [-0.2, 0) is 11.5 Å². The number of rotatable bonds is 9. The van der Waals surface area contributed by atoms with Gasteiger partial charge in [-0.1, -0.05) is 37.3 Å². The molecule has 1 amide bonds. The molecule has 33 heavy (non-hydrogen) atoms. The van der Waals surface area contributed by atoms with Crippen LogP contribution in [0.25, 0.3) is 22.6 Å². The van der Waals surface area contributed by atoms with E-state index in [0.717, 1.165) is 26.4 Å². The lowest BCUT2D eigenvalue weighted by Gasteiger charge is -2.19. The molecule has 7 nitrogen and oxygen atoms in total. The van der Waals surface area contributed by atoms with E-state index < -0.39 is 14.0 Å². The topological polar surface area (TPSA) is 95.1 Å². The van der Waals surface area contributed by atoms with E-state index in [1.807, 2.05) is 29.7 Å². The second kappa shape index (κ2) is 10.5. The fourth-order valence-electron chi connectivity index (χ4n) is 3.41. The summed E-state index contributed by atoms with van der Waals surface area (Å²) in [6, 6.07) is 8.43. The van der Waals surface area contributed by atoms with Crippen LogP contribution in [-0.4, -0.2) is 42.2 Å². The highest BCUT2D eigenvalue weighted by molar-refractivity contribution is 14.1. The highest BCUT2D eigenvalue weighted by atomic mass is 127. The van der Waals surface area contributed by atoms with Gasteiger partial charge in [0.05, 0.1) is 20.5 Å². The Labute approximate surface area is 214 Å². The van der Waals surface area contributed by atoms with Gasteiger partial charge in [-0.05, 0) is 59.3 Å². The predicted octanol–water partition coefficient (Wildman–Crippen LogP) is 5.63. The Balaban J connectivity index is 2.22. The summed E-state index contributed by atoms with van der Waals surface area (Å²) in [5.74, 6) is -0.0386. The van der Waals surface area contributed by atoms with Crippen molar-refractivity contribution >= 4 is 54.1 Å². The van der Waals surface area contributed by atoms with Gasteiger partial charge in [0.1, 0.15) is 12.4 Å². The van der Waals surface area contributed by atoms with Gasteiger partial charge < -0.3 is 20.4 Å². The number of halogens is 2. The fourth-order valence-corrected chi connectivity index (χ4v) is 4.87. The minimum atomic E-state index is -1.26. The number of aromatic nitrogens is 3. The summed E-state index contributed by atoms with van der Waals surface area (Å²) >= 11 is 8.53. The van der Waals surface area contributed by atoms with Crippen molar-refractivity contribution in [2.75, 3.05) is 19.0 Å². The lowest BCUT2D eigenvalue weighted by molar-refractivity contribution is 0.0893. The van der Waals surface area contributed by atoms with Crippen molar-refractivity contribution in [1.29, 1.82) is 0 Å². The number of ether oxygens (including phenoxy) is 1. The number of benzene rings is 1. The molecule has 0 radical (unpaired) electrons. The maximum atomic E-state index is 12.6. The largest absolute Gasteiger partial charge is 0.366 e. The second-order valence-electron chi connectivity index (χ2n) is 9.03. The van der Waals surface area contributed by atoms with Crippen LogP contribution < -0.4 is 11.1 Å². The number of nitrogens with zero attached hydrogens (tertiary/aromatic N) is 3. The molecule has 0 atom stereocenters. The number of hydrogen-bond acceptors (Lipinski definition) is 5. The van der Waals surface area contributed by atoms with Gasteiger partial charge in [0, 0.05) is 38.5 Å². The third kappa shape index (κ3) is 6.14. The fraction of sp³-hybridized carbons (Fsp3) is 0.348. The Morgan fingerprint density at radius 1 is 1.30 bits per heavy atom. The smallest absolute Gasteiger partial charge is 0.250 e. The zero-order valence-electron chi connectivity index (χ0n) is 19.5. The second-order valence-corrected chi connectivity index (χ2v) is 16.3. The van der Waals surface area contributed by atoms with Crippen LogP contribution in [0.2, 0.25) is 30.7 Å². The Kier molecular flexibility index (Phi) is 8.20. The predicted molar refractivity (Wildman–Crippen MR) is 146 cm³/mol. The van der Waals surface area contributed by atoms with Crippen LogP contribution in [0.4, 0.5) is 5.95 Å². The number of aryl methyl sites for hydroxylation is 1. The van der Waals surface area contributed by atoms with Gasteiger partial charge in [-0.15, -0.1) is 0 Å². The molecule has 0 saturated carbocycles. The number of anilines is 1. The standard InChI is InChI=1S/C23H29ClIN5O2Si/c1-14-6-7-15(24)10-16(14)21-17(22(26)31)11-19(20-18(25)12-28-23(27-2)29-20)30(21)13-32-8-9-33(3,4)5/h6-7,10-12H,8-9,13H2,1-5H3,(H2,26,31)(H,27,28,29). The molecule has 0 fully saturated rings. The SMILES string of the molecule is CNc1ncc(I)c(-c2cc(C(N)=O)c(-c3cc(Cl)ccc3C)n2COCC[Si](C)(C)C)n1. The molecule has 3 rings (SSSR count). The monoisotopic (exact) mass is 597 g/mol. The normalized spacial score (nSPS) is 11.6. The minimum absolute atomic E-state index is 0.253. The van der Waals surface area contributed by atoms with E-state index in [9.17, 15) is 4.79 Å². The summed E-state index contributed by atoms with van der Waals surface area (Å²) in [5, 5.41) is 3.55. The Morgan fingerprint density at radius 3 is 2.67 bits per heavy atom. The molecule has 0 aliphatic heterocycles. The van der Waals surface area contributed by atoms with Gasteiger partial charge in [0.2, 0.25) is 5.95 Å². The molecular formula is C23H29ClIN5O2Si. The van der Waals surface area contributed by atoms with Crippen molar-refractivity contribution in [3.63, 3.8) is 0 Å². The number of carbonyl (C=O) groups is 1. The quantitative estimate of drug-likeness (QED) is 0.189. The summed E-state index contributed by atoms with van der Waals surface area (Å²) in [7, 11) is 0.507. The van der Waals surface area contributed by atoms with E-state index in [4.69, 9.17) is 22.1 Å². The third-order valence-corrected chi connectivity index (χ3v) is 7.97. The third-order valence-electron chi connectivity index (χ3n) is 5.24. The molecule has 10 heteroatoms. The Bertz CT molecular complexity index is 1180. The molecule has 0 spiro atoms. The molecule has 0 bridgehead atoms. The first-order valence-electron chi connectivity index (χ1n) is 10.6. The van der Waals surface area contributed by atoms with Crippen molar-refractivity contribution in [3.05, 3.63) is 50.2 Å². The molecule has 2 aromatic heterocycles. The number of nitrogens with one attached hydrogen (secondary N) is 1. The average Bonchev–Trinajstić information content (AvgIpc) is 3.12. The first-order valence-corrected chi connectivity index (χ1v) is 15.8. The van der Waals surface area contributed by atoms with E-state index in [2.05, 4.69) is 57.5 Å². The van der Waals surface area contributed by atoms with E-state index in [-0.39, 0.29) is 6.73 Å². The zero-order valence-corrected chi connectivity index (χ0v) is 23.4. The van der Waals surface area contributed by atoms with Crippen LogP contribution in [0.5, 0.6) is 0 Å². The lowest BCUT2D eigenvalue weighted by Crippen LogP contribution is -2.22. The number of nitrogens with two attached hydrogens (primary N) is 1. The number of hydrogen-bond donors (Lipinski definition) is 2. The van der Waals surface area contributed by atoms with Crippen molar-refractivity contribution in [1.82, 2.24) is 14.5 Å². The number of amides is 1. The van der Waals surface area contributed by atoms with Crippen molar-refractivity contribution in [3.8, 4) is 22.6 Å². The van der Waals surface area contributed by atoms with Crippen LogP contribution in [0.3, 0.4) is 0 Å². The highest BCUT2D eigenvalue weighted by Crippen LogP contribution is 2.37. The molecular weight excluding hydrogens is 569 g/mol. The van der Waals surface area contributed by atoms with Gasteiger partial charge in [-0.3, -0.25) is 4.79 Å². The summed E-state index contributed by atoms with van der Waals surface area (Å²) in [6.45, 7) is 9.80. The molecule has 176 valence electrons. The van der Waals surface area contributed by atoms with Crippen molar-refractivity contribution < 1.29 is 9.53 Å². The van der Waals surface area contributed by atoms with Gasteiger partial charge in [0.15, 0.2) is 0 Å². The summed E-state index contributed by atoms with van der Waals surface area (Å²) < 4.78 is 8.94. The van der Waals surface area contributed by atoms with Crippen molar-refractivity contribution in [2.45, 2.75) is 39.3 Å². The lowest BCUT2D eigenvalue weighted by atomic mass is 10.0. The zero-order chi connectivity index (χ0) is 24.3. The van der Waals surface area contributed by atoms with E-state index in [1.165, 1.54) is 0 Å². The summed E-state index contributed by atoms with van der Waals surface area (Å²) in [5.41, 5.74) is 10.1. The molecule has 0 aliphatic carbocycles.